The fourth-order valence-electron chi connectivity index (χ4n) is 4.19. The highest BCUT2D eigenvalue weighted by atomic mass is 16.5. The molecule has 0 aliphatic carbocycles. The zero-order valence-electron chi connectivity index (χ0n) is 14.6. The molecule has 2 aromatic carbocycles. The molecule has 25 heavy (non-hydrogen) atoms. The normalized spacial score (nSPS) is 21.6. The van der Waals surface area contributed by atoms with E-state index in [0.29, 0.717) is 0 Å². The number of amides is 1. The van der Waals surface area contributed by atoms with Crippen molar-refractivity contribution in [3.05, 3.63) is 42.5 Å². The number of piperidine rings is 1. The second-order valence-electron chi connectivity index (χ2n) is 7.27. The van der Waals surface area contributed by atoms with Crippen molar-refractivity contribution in [2.24, 2.45) is 11.8 Å². The van der Waals surface area contributed by atoms with Crippen LogP contribution in [0.15, 0.2) is 42.5 Å². The van der Waals surface area contributed by atoms with Crippen molar-refractivity contribution in [2.75, 3.05) is 32.8 Å². The topological polar surface area (TPSA) is 41.6 Å². The zero-order valence-corrected chi connectivity index (χ0v) is 14.6. The van der Waals surface area contributed by atoms with Crippen LogP contribution >= 0.6 is 0 Å². The number of likely N-dealkylation sites (tertiary alicyclic amines) is 1. The van der Waals surface area contributed by atoms with Gasteiger partial charge in [0.2, 0.25) is 0 Å². The standard InChI is InChI=1S/C21H26N2O2/c24-21(23-11-8-17(9-12-23)19-7-10-22-14-19)15-25-20-6-5-16-3-1-2-4-18(16)13-20/h1-6,13,17,19,22H,7-12,14-15H2. The van der Waals surface area contributed by atoms with Gasteiger partial charge in [0, 0.05) is 13.1 Å². The Morgan fingerprint density at radius 1 is 1.04 bits per heavy atom. The zero-order chi connectivity index (χ0) is 17.1. The molecule has 1 unspecified atom stereocenters. The number of nitrogens with one attached hydrogen (secondary N) is 1. The first kappa shape index (κ1) is 16.4. The summed E-state index contributed by atoms with van der Waals surface area (Å²) in [5.41, 5.74) is 0. The average Bonchev–Trinajstić information content (AvgIpc) is 3.21. The lowest BCUT2D eigenvalue weighted by Gasteiger charge is -2.34. The molecule has 0 bridgehead atoms. The van der Waals surface area contributed by atoms with Crippen molar-refractivity contribution in [1.82, 2.24) is 10.2 Å². The van der Waals surface area contributed by atoms with Gasteiger partial charge in [-0.05, 0) is 67.1 Å². The minimum atomic E-state index is 0.108. The molecule has 2 heterocycles. The molecule has 0 radical (unpaired) electrons. The van der Waals surface area contributed by atoms with Gasteiger partial charge in [0.25, 0.3) is 5.91 Å². The number of hydrogen-bond donors (Lipinski definition) is 1. The molecular formula is C21H26N2O2. The Kier molecular flexibility index (Phi) is 4.88. The first-order chi connectivity index (χ1) is 12.3. The number of carbonyl (C=O) groups excluding carboxylic acids is 1. The Labute approximate surface area is 149 Å². The maximum Gasteiger partial charge on any atom is 0.260 e. The predicted molar refractivity (Wildman–Crippen MR) is 99.7 cm³/mol. The van der Waals surface area contributed by atoms with Crippen LogP contribution in [0.25, 0.3) is 10.8 Å². The second-order valence-corrected chi connectivity index (χ2v) is 7.27. The highest BCUT2D eigenvalue weighted by Gasteiger charge is 2.30. The van der Waals surface area contributed by atoms with Crippen molar-refractivity contribution >= 4 is 16.7 Å². The molecule has 2 aliphatic rings. The minimum absolute atomic E-state index is 0.108. The van der Waals surface area contributed by atoms with Gasteiger partial charge in [0.05, 0.1) is 0 Å². The summed E-state index contributed by atoms with van der Waals surface area (Å²) >= 11 is 0. The van der Waals surface area contributed by atoms with E-state index in [4.69, 9.17) is 4.74 Å². The third kappa shape index (κ3) is 3.79. The highest BCUT2D eigenvalue weighted by molar-refractivity contribution is 5.84. The molecule has 1 amide bonds. The summed E-state index contributed by atoms with van der Waals surface area (Å²) in [5.74, 6) is 2.46. The molecule has 2 aromatic rings. The fraction of sp³-hybridized carbons (Fsp3) is 0.476. The fourth-order valence-corrected chi connectivity index (χ4v) is 4.19. The number of carbonyl (C=O) groups is 1. The third-order valence-corrected chi connectivity index (χ3v) is 5.74. The number of hydrogen-bond acceptors (Lipinski definition) is 3. The Morgan fingerprint density at radius 3 is 2.60 bits per heavy atom. The van der Waals surface area contributed by atoms with Gasteiger partial charge in [0.1, 0.15) is 5.75 Å². The van der Waals surface area contributed by atoms with E-state index in [2.05, 4.69) is 17.4 Å². The van der Waals surface area contributed by atoms with Crippen molar-refractivity contribution in [3.63, 3.8) is 0 Å². The van der Waals surface area contributed by atoms with E-state index in [0.717, 1.165) is 62.0 Å². The van der Waals surface area contributed by atoms with Crippen LogP contribution in [0.1, 0.15) is 19.3 Å². The Bertz CT molecular complexity index is 732. The molecule has 4 rings (SSSR count). The number of rotatable bonds is 4. The molecule has 0 saturated carbocycles. The quantitative estimate of drug-likeness (QED) is 0.931. The van der Waals surface area contributed by atoms with Crippen molar-refractivity contribution in [3.8, 4) is 5.75 Å². The maximum absolute atomic E-state index is 12.5. The van der Waals surface area contributed by atoms with Crippen LogP contribution < -0.4 is 10.1 Å². The van der Waals surface area contributed by atoms with Crippen LogP contribution in [-0.4, -0.2) is 43.6 Å². The predicted octanol–water partition coefficient (Wildman–Crippen LogP) is 3.07. The monoisotopic (exact) mass is 338 g/mol. The molecule has 1 N–H and O–H groups in total. The van der Waals surface area contributed by atoms with Crippen molar-refractivity contribution in [2.45, 2.75) is 19.3 Å². The Hall–Kier alpha value is -2.07. The van der Waals surface area contributed by atoms with Crippen molar-refractivity contribution in [1.29, 1.82) is 0 Å². The van der Waals surface area contributed by atoms with Crippen LogP contribution in [-0.2, 0) is 4.79 Å². The summed E-state index contributed by atoms with van der Waals surface area (Å²) in [6, 6.07) is 14.2. The van der Waals surface area contributed by atoms with Gasteiger partial charge >= 0.3 is 0 Å². The minimum Gasteiger partial charge on any atom is -0.484 e. The second kappa shape index (κ2) is 7.44. The van der Waals surface area contributed by atoms with Crippen LogP contribution in [0.3, 0.4) is 0 Å². The molecule has 1 atom stereocenters. The van der Waals surface area contributed by atoms with E-state index in [1.54, 1.807) is 0 Å². The maximum atomic E-state index is 12.5. The van der Waals surface area contributed by atoms with Gasteiger partial charge < -0.3 is 15.0 Å². The van der Waals surface area contributed by atoms with Gasteiger partial charge in [-0.1, -0.05) is 30.3 Å². The van der Waals surface area contributed by atoms with Crippen LogP contribution in [0.2, 0.25) is 0 Å². The van der Waals surface area contributed by atoms with E-state index in [-0.39, 0.29) is 12.5 Å². The summed E-state index contributed by atoms with van der Waals surface area (Å²) in [6.07, 6.45) is 3.56. The number of benzene rings is 2. The van der Waals surface area contributed by atoms with E-state index in [1.165, 1.54) is 11.8 Å². The summed E-state index contributed by atoms with van der Waals surface area (Å²) in [5, 5.41) is 5.78. The molecule has 4 nitrogen and oxygen atoms in total. The third-order valence-electron chi connectivity index (χ3n) is 5.74. The average molecular weight is 338 g/mol. The van der Waals surface area contributed by atoms with E-state index in [9.17, 15) is 4.79 Å². The number of ether oxygens (including phenoxy) is 1. The summed E-state index contributed by atoms with van der Waals surface area (Å²) in [6.45, 7) is 4.20. The summed E-state index contributed by atoms with van der Waals surface area (Å²) < 4.78 is 5.75. The van der Waals surface area contributed by atoms with Gasteiger partial charge in [-0.15, -0.1) is 0 Å². The van der Waals surface area contributed by atoms with Gasteiger partial charge in [-0.25, -0.2) is 0 Å². The molecular weight excluding hydrogens is 312 g/mol. The molecule has 0 aromatic heterocycles. The van der Waals surface area contributed by atoms with E-state index >= 15 is 0 Å². The smallest absolute Gasteiger partial charge is 0.260 e. The lowest BCUT2D eigenvalue weighted by molar-refractivity contribution is -0.135. The van der Waals surface area contributed by atoms with Crippen molar-refractivity contribution < 1.29 is 9.53 Å². The van der Waals surface area contributed by atoms with Crippen LogP contribution in [0.4, 0.5) is 0 Å². The number of nitrogens with zero attached hydrogens (tertiary/aromatic N) is 1. The lowest BCUT2D eigenvalue weighted by atomic mass is 9.84. The van der Waals surface area contributed by atoms with E-state index < -0.39 is 0 Å². The lowest BCUT2D eigenvalue weighted by Crippen LogP contribution is -2.42. The Morgan fingerprint density at radius 2 is 1.84 bits per heavy atom. The summed E-state index contributed by atoms with van der Waals surface area (Å²) in [4.78, 5) is 14.4. The van der Waals surface area contributed by atoms with Crippen LogP contribution in [0, 0.1) is 11.8 Å². The van der Waals surface area contributed by atoms with E-state index in [1.807, 2.05) is 35.2 Å². The van der Waals surface area contributed by atoms with Gasteiger partial charge in [-0.2, -0.15) is 0 Å². The molecule has 4 heteroatoms. The summed E-state index contributed by atoms with van der Waals surface area (Å²) in [7, 11) is 0. The highest BCUT2D eigenvalue weighted by Crippen LogP contribution is 2.29. The molecule has 0 spiro atoms. The largest absolute Gasteiger partial charge is 0.484 e. The first-order valence-electron chi connectivity index (χ1n) is 9.40. The van der Waals surface area contributed by atoms with Crippen LogP contribution in [0.5, 0.6) is 5.75 Å². The molecule has 132 valence electrons. The Balaban J connectivity index is 1.28. The molecule has 2 fully saturated rings. The first-order valence-corrected chi connectivity index (χ1v) is 9.40. The SMILES string of the molecule is O=C(COc1ccc2ccccc2c1)N1CCC(C2CCNC2)CC1. The molecule has 2 saturated heterocycles. The van der Waals surface area contributed by atoms with Gasteiger partial charge in [0.15, 0.2) is 6.61 Å². The molecule has 2 aliphatic heterocycles. The number of fused-ring (bicyclic) bond motifs is 1. The van der Waals surface area contributed by atoms with Gasteiger partial charge in [-0.3, -0.25) is 4.79 Å².